The zero-order valence-electron chi connectivity index (χ0n) is 7.19. The summed E-state index contributed by atoms with van der Waals surface area (Å²) in [5.74, 6) is 0.453. The molecule has 0 fully saturated rings. The molecular weight excluding hydrogens is 184 g/mol. The van der Waals surface area contributed by atoms with Crippen molar-refractivity contribution in [2.24, 2.45) is 5.73 Å². The van der Waals surface area contributed by atoms with Crippen LogP contribution in [0.2, 0.25) is 0 Å². The van der Waals surface area contributed by atoms with Gasteiger partial charge in [-0.1, -0.05) is 12.1 Å². The lowest BCUT2D eigenvalue weighted by atomic mass is 10.1. The Labute approximate surface area is 80.0 Å². The molecule has 1 aliphatic heterocycles. The van der Waals surface area contributed by atoms with E-state index in [2.05, 4.69) is 10.2 Å². The minimum Gasteiger partial charge on any atom is -0.351 e. The minimum absolute atomic E-state index is 0.453. The highest BCUT2D eigenvalue weighted by Crippen LogP contribution is 2.32. The lowest BCUT2D eigenvalue weighted by molar-refractivity contribution is -0.150. The maximum absolute atomic E-state index is 10.7. The van der Waals surface area contributed by atoms with Crippen molar-refractivity contribution in [3.05, 3.63) is 30.0 Å². The van der Waals surface area contributed by atoms with Crippen LogP contribution in [0.4, 0.5) is 10.5 Å². The number of carbonyl (C=O) groups is 1. The number of nitrogens with two attached hydrogens (primary N) is 1. The average molecular weight is 192 g/mol. The van der Waals surface area contributed by atoms with Crippen LogP contribution in [0.25, 0.3) is 6.08 Å². The second-order valence-electron chi connectivity index (χ2n) is 2.70. The smallest absolute Gasteiger partial charge is 0.316 e. The summed E-state index contributed by atoms with van der Waals surface area (Å²) in [5.41, 5.74) is 6.30. The molecule has 5 nitrogen and oxygen atoms in total. The van der Waals surface area contributed by atoms with E-state index in [1.807, 2.05) is 6.07 Å². The predicted molar refractivity (Wildman–Crippen MR) is 50.4 cm³/mol. The molecule has 0 aliphatic carbocycles. The van der Waals surface area contributed by atoms with Crippen molar-refractivity contribution < 1.29 is 14.6 Å². The van der Waals surface area contributed by atoms with Crippen molar-refractivity contribution in [2.45, 2.75) is 0 Å². The molecule has 0 saturated heterocycles. The van der Waals surface area contributed by atoms with Gasteiger partial charge < -0.3 is 11.1 Å². The van der Waals surface area contributed by atoms with E-state index < -0.39 is 6.03 Å². The molecular formula is C9H8N2O3. The second-order valence-corrected chi connectivity index (χ2v) is 2.70. The largest absolute Gasteiger partial charge is 0.351 e. The fraction of sp³-hybridized carbons (Fsp3) is 0. The molecule has 1 heterocycles. The van der Waals surface area contributed by atoms with Crippen LogP contribution in [0, 0.1) is 0 Å². The molecule has 0 aromatic heterocycles. The first-order chi connectivity index (χ1) is 6.77. The topological polar surface area (TPSA) is 73.6 Å². The van der Waals surface area contributed by atoms with Crippen molar-refractivity contribution in [3.8, 4) is 5.75 Å². The summed E-state index contributed by atoms with van der Waals surface area (Å²) in [4.78, 5) is 20.2. The number of carbonyl (C=O) groups excluding carboxylic acids is 1. The third-order valence-corrected chi connectivity index (χ3v) is 1.74. The van der Waals surface area contributed by atoms with Crippen molar-refractivity contribution >= 4 is 17.8 Å². The summed E-state index contributed by atoms with van der Waals surface area (Å²) in [5, 5.41) is 2.43. The Hall–Kier alpha value is -2.17. The number of urea groups is 1. The van der Waals surface area contributed by atoms with Gasteiger partial charge in [-0.15, -0.1) is 0 Å². The van der Waals surface area contributed by atoms with Crippen LogP contribution >= 0.6 is 0 Å². The van der Waals surface area contributed by atoms with Crippen molar-refractivity contribution in [3.63, 3.8) is 0 Å². The number of nitrogens with one attached hydrogen (secondary N) is 1. The van der Waals surface area contributed by atoms with E-state index in [-0.39, 0.29) is 0 Å². The number of rotatable bonds is 1. The van der Waals surface area contributed by atoms with Crippen LogP contribution in [-0.4, -0.2) is 6.03 Å². The molecule has 14 heavy (non-hydrogen) atoms. The molecule has 2 rings (SSSR count). The summed E-state index contributed by atoms with van der Waals surface area (Å²) in [6, 6.07) is 4.65. The Balaban J connectivity index is 2.41. The van der Waals surface area contributed by atoms with Crippen molar-refractivity contribution in [2.75, 3.05) is 5.32 Å². The first-order valence-electron chi connectivity index (χ1n) is 3.97. The van der Waals surface area contributed by atoms with E-state index >= 15 is 0 Å². The SMILES string of the molecule is NC(=O)Nc1cccc2c1OOC=C2. The molecule has 0 atom stereocenters. The summed E-state index contributed by atoms with van der Waals surface area (Å²) in [7, 11) is 0. The Morgan fingerprint density at radius 1 is 1.43 bits per heavy atom. The number of benzene rings is 1. The van der Waals surface area contributed by atoms with Gasteiger partial charge in [-0.05, 0) is 12.1 Å². The molecule has 0 radical (unpaired) electrons. The van der Waals surface area contributed by atoms with E-state index in [0.29, 0.717) is 11.4 Å². The average Bonchev–Trinajstić information content (AvgIpc) is 2.18. The van der Waals surface area contributed by atoms with Gasteiger partial charge in [0, 0.05) is 5.56 Å². The van der Waals surface area contributed by atoms with Gasteiger partial charge in [0.1, 0.15) is 6.26 Å². The zero-order chi connectivity index (χ0) is 9.97. The van der Waals surface area contributed by atoms with Gasteiger partial charge in [0.05, 0.1) is 5.69 Å². The van der Waals surface area contributed by atoms with Crippen LogP contribution in [0.1, 0.15) is 5.56 Å². The highest BCUT2D eigenvalue weighted by molar-refractivity contribution is 5.90. The van der Waals surface area contributed by atoms with Crippen LogP contribution in [0.15, 0.2) is 24.5 Å². The Bertz CT molecular complexity index is 401. The number of hydrogen-bond acceptors (Lipinski definition) is 3. The number of primary amides is 1. The van der Waals surface area contributed by atoms with Gasteiger partial charge in [-0.25, -0.2) is 4.79 Å². The standard InChI is InChI=1S/C9H8N2O3/c10-9(12)11-7-3-1-2-6-4-5-13-14-8(6)7/h1-5H,(H3,10,11,12). The molecule has 72 valence electrons. The first kappa shape index (κ1) is 8.43. The van der Waals surface area contributed by atoms with Crippen molar-refractivity contribution in [1.82, 2.24) is 0 Å². The van der Waals surface area contributed by atoms with Gasteiger partial charge in [-0.2, -0.15) is 0 Å². The molecule has 0 bridgehead atoms. The Morgan fingerprint density at radius 3 is 3.07 bits per heavy atom. The van der Waals surface area contributed by atoms with Crippen LogP contribution in [-0.2, 0) is 4.89 Å². The molecule has 2 amide bonds. The number of fused-ring (bicyclic) bond motifs is 1. The number of para-hydroxylation sites is 1. The summed E-state index contributed by atoms with van der Waals surface area (Å²) >= 11 is 0. The molecule has 5 heteroatoms. The minimum atomic E-state index is -0.642. The van der Waals surface area contributed by atoms with E-state index in [9.17, 15) is 4.79 Å². The van der Waals surface area contributed by atoms with Crippen molar-refractivity contribution in [1.29, 1.82) is 0 Å². The fourth-order valence-electron chi connectivity index (χ4n) is 1.19. The molecule has 0 unspecified atom stereocenters. The van der Waals surface area contributed by atoms with E-state index in [4.69, 9.17) is 10.6 Å². The van der Waals surface area contributed by atoms with Gasteiger partial charge in [0.15, 0.2) is 0 Å². The third-order valence-electron chi connectivity index (χ3n) is 1.74. The van der Waals surface area contributed by atoms with E-state index in [1.54, 1.807) is 18.2 Å². The number of anilines is 1. The van der Waals surface area contributed by atoms with Crippen LogP contribution in [0.5, 0.6) is 5.75 Å². The molecule has 1 aliphatic rings. The lowest BCUT2D eigenvalue weighted by Gasteiger charge is -2.14. The Kier molecular flexibility index (Phi) is 1.98. The maximum atomic E-state index is 10.7. The lowest BCUT2D eigenvalue weighted by Crippen LogP contribution is -2.20. The van der Waals surface area contributed by atoms with Crippen LogP contribution < -0.4 is 15.9 Å². The van der Waals surface area contributed by atoms with E-state index in [0.717, 1.165) is 5.56 Å². The third kappa shape index (κ3) is 1.47. The Morgan fingerprint density at radius 2 is 2.29 bits per heavy atom. The summed E-state index contributed by atoms with van der Waals surface area (Å²) < 4.78 is 0. The molecule has 0 saturated carbocycles. The maximum Gasteiger partial charge on any atom is 0.316 e. The molecule has 1 aromatic rings. The number of hydrogen-bond donors (Lipinski definition) is 2. The molecule has 1 aromatic carbocycles. The highest BCUT2D eigenvalue weighted by atomic mass is 17.2. The zero-order valence-corrected chi connectivity index (χ0v) is 7.19. The molecule has 3 N–H and O–H groups in total. The number of amides is 2. The van der Waals surface area contributed by atoms with Gasteiger partial charge in [0.25, 0.3) is 0 Å². The molecule has 0 spiro atoms. The summed E-state index contributed by atoms with van der Waals surface area (Å²) in [6.45, 7) is 0. The normalized spacial score (nSPS) is 12.3. The van der Waals surface area contributed by atoms with Crippen LogP contribution in [0.3, 0.4) is 0 Å². The monoisotopic (exact) mass is 192 g/mol. The van der Waals surface area contributed by atoms with Gasteiger partial charge in [0.2, 0.25) is 5.75 Å². The highest BCUT2D eigenvalue weighted by Gasteiger charge is 2.13. The van der Waals surface area contributed by atoms with E-state index in [1.165, 1.54) is 6.26 Å². The van der Waals surface area contributed by atoms with Gasteiger partial charge in [-0.3, -0.25) is 9.78 Å². The predicted octanol–water partition coefficient (Wildman–Crippen LogP) is 1.47. The van der Waals surface area contributed by atoms with Gasteiger partial charge >= 0.3 is 6.03 Å². The quantitative estimate of drug-likeness (QED) is 0.661. The first-order valence-corrected chi connectivity index (χ1v) is 3.97. The second kappa shape index (κ2) is 3.29. The summed E-state index contributed by atoms with van der Waals surface area (Å²) in [6.07, 6.45) is 3.14. The fourth-order valence-corrected chi connectivity index (χ4v) is 1.19.